The van der Waals surface area contributed by atoms with Crippen molar-refractivity contribution in [3.8, 4) is 0 Å². The molecule has 0 aromatic carbocycles. The lowest BCUT2D eigenvalue weighted by Gasteiger charge is -2.34. The van der Waals surface area contributed by atoms with Crippen molar-refractivity contribution < 1.29 is 4.79 Å². The summed E-state index contributed by atoms with van der Waals surface area (Å²) < 4.78 is 0. The summed E-state index contributed by atoms with van der Waals surface area (Å²) in [5.41, 5.74) is -0.124. The van der Waals surface area contributed by atoms with Crippen LogP contribution in [-0.4, -0.2) is 48.4 Å². The Morgan fingerprint density at radius 1 is 0.938 bits per heavy atom. The first-order chi connectivity index (χ1) is 6.96. The molecule has 0 aliphatic heterocycles. The molecule has 96 valence electrons. The maximum atomic E-state index is 11.9. The molecule has 0 N–H and O–H groups in total. The van der Waals surface area contributed by atoms with E-state index < -0.39 is 0 Å². The van der Waals surface area contributed by atoms with E-state index in [1.54, 1.807) is 0 Å². The van der Waals surface area contributed by atoms with Crippen LogP contribution in [0.25, 0.3) is 0 Å². The summed E-state index contributed by atoms with van der Waals surface area (Å²) in [6.45, 7) is 14.1. The number of hydrogen-bond acceptors (Lipinski definition) is 2. The molecule has 3 heteroatoms. The predicted octanol–water partition coefficient (Wildman–Crippen LogP) is 2.22. The summed E-state index contributed by atoms with van der Waals surface area (Å²) in [6.07, 6.45) is 0. The van der Waals surface area contributed by atoms with Crippen LogP contribution in [-0.2, 0) is 4.79 Å². The first-order valence-electron chi connectivity index (χ1n) is 5.93. The third-order valence-electron chi connectivity index (χ3n) is 2.90. The van der Waals surface area contributed by atoms with E-state index in [2.05, 4.69) is 32.7 Å². The van der Waals surface area contributed by atoms with Crippen LogP contribution in [0.3, 0.4) is 0 Å². The van der Waals surface area contributed by atoms with Crippen molar-refractivity contribution in [1.29, 1.82) is 0 Å². The number of amides is 1. The largest absolute Gasteiger partial charge is 0.344 e. The highest BCUT2D eigenvalue weighted by Crippen LogP contribution is 2.16. The summed E-state index contributed by atoms with van der Waals surface area (Å²) in [6, 6.07) is 0. The van der Waals surface area contributed by atoms with Crippen LogP contribution >= 0.6 is 0 Å². The standard InChI is InChI=1S/C13H28N2O/c1-12(2,3)11(16)14(7)9-10-15(8)13(4,5)6/h9-10H2,1-8H3. The molecular formula is C13H28N2O. The third kappa shape index (κ3) is 4.97. The van der Waals surface area contributed by atoms with Gasteiger partial charge < -0.3 is 4.90 Å². The lowest BCUT2D eigenvalue weighted by molar-refractivity contribution is -0.138. The number of carbonyl (C=O) groups is 1. The second kappa shape index (κ2) is 5.17. The second-order valence-electron chi connectivity index (χ2n) is 6.57. The Balaban J connectivity index is 4.19. The molecule has 0 rings (SSSR count). The molecule has 0 saturated carbocycles. The summed E-state index contributed by atoms with van der Waals surface area (Å²) in [7, 11) is 3.97. The van der Waals surface area contributed by atoms with Crippen molar-refractivity contribution >= 4 is 5.91 Å². The monoisotopic (exact) mass is 228 g/mol. The topological polar surface area (TPSA) is 23.6 Å². The minimum atomic E-state index is -0.283. The zero-order valence-electron chi connectivity index (χ0n) is 12.2. The van der Waals surface area contributed by atoms with Gasteiger partial charge in [-0.1, -0.05) is 20.8 Å². The lowest BCUT2D eigenvalue weighted by Crippen LogP contribution is -2.45. The summed E-state index contributed by atoms with van der Waals surface area (Å²) in [4.78, 5) is 16.0. The Morgan fingerprint density at radius 2 is 1.38 bits per heavy atom. The molecule has 0 unspecified atom stereocenters. The van der Waals surface area contributed by atoms with Gasteiger partial charge >= 0.3 is 0 Å². The van der Waals surface area contributed by atoms with Crippen molar-refractivity contribution in [1.82, 2.24) is 9.80 Å². The van der Waals surface area contributed by atoms with Crippen LogP contribution in [0.15, 0.2) is 0 Å². The Morgan fingerprint density at radius 3 is 1.69 bits per heavy atom. The first kappa shape index (κ1) is 15.4. The summed E-state index contributed by atoms with van der Waals surface area (Å²) >= 11 is 0. The van der Waals surface area contributed by atoms with E-state index in [9.17, 15) is 4.79 Å². The molecule has 0 heterocycles. The average molecular weight is 228 g/mol. The molecule has 0 atom stereocenters. The van der Waals surface area contributed by atoms with E-state index in [-0.39, 0.29) is 16.9 Å². The van der Waals surface area contributed by atoms with Crippen LogP contribution < -0.4 is 0 Å². The molecule has 0 fully saturated rings. The zero-order valence-corrected chi connectivity index (χ0v) is 12.2. The predicted molar refractivity (Wildman–Crippen MR) is 69.5 cm³/mol. The first-order valence-corrected chi connectivity index (χ1v) is 5.93. The molecule has 0 saturated heterocycles. The van der Waals surface area contributed by atoms with Gasteiger partial charge in [-0.05, 0) is 27.8 Å². The van der Waals surface area contributed by atoms with Gasteiger partial charge in [-0.2, -0.15) is 0 Å². The van der Waals surface area contributed by atoms with E-state index in [1.165, 1.54) is 0 Å². The smallest absolute Gasteiger partial charge is 0.227 e. The normalized spacial score (nSPS) is 13.1. The number of likely N-dealkylation sites (N-methyl/N-ethyl adjacent to an activating group) is 2. The number of carbonyl (C=O) groups excluding carboxylic acids is 1. The second-order valence-corrected chi connectivity index (χ2v) is 6.57. The van der Waals surface area contributed by atoms with Crippen LogP contribution in [0, 0.1) is 5.41 Å². The van der Waals surface area contributed by atoms with E-state index in [4.69, 9.17) is 0 Å². The maximum Gasteiger partial charge on any atom is 0.227 e. The lowest BCUT2D eigenvalue weighted by atomic mass is 9.95. The molecule has 0 aliphatic rings. The molecule has 0 aliphatic carbocycles. The Kier molecular flexibility index (Phi) is 4.99. The van der Waals surface area contributed by atoms with Gasteiger partial charge in [0.25, 0.3) is 0 Å². The van der Waals surface area contributed by atoms with Gasteiger partial charge in [0.05, 0.1) is 0 Å². The highest BCUT2D eigenvalue weighted by atomic mass is 16.2. The van der Waals surface area contributed by atoms with Crippen molar-refractivity contribution in [2.24, 2.45) is 5.41 Å². The van der Waals surface area contributed by atoms with Gasteiger partial charge in [0.2, 0.25) is 5.91 Å². The average Bonchev–Trinajstić information content (AvgIpc) is 2.09. The minimum absolute atomic E-state index is 0.158. The van der Waals surface area contributed by atoms with Crippen LogP contribution in [0.1, 0.15) is 41.5 Å². The van der Waals surface area contributed by atoms with Crippen molar-refractivity contribution in [2.75, 3.05) is 27.2 Å². The van der Waals surface area contributed by atoms with Crippen molar-refractivity contribution in [2.45, 2.75) is 47.1 Å². The van der Waals surface area contributed by atoms with Crippen molar-refractivity contribution in [3.05, 3.63) is 0 Å². The van der Waals surface area contributed by atoms with E-state index >= 15 is 0 Å². The number of rotatable bonds is 3. The Labute approximate surface area is 101 Å². The van der Waals surface area contributed by atoms with E-state index in [1.807, 2.05) is 32.7 Å². The summed E-state index contributed by atoms with van der Waals surface area (Å²) in [5, 5.41) is 0. The summed E-state index contributed by atoms with van der Waals surface area (Å²) in [5.74, 6) is 0.204. The molecule has 0 radical (unpaired) electrons. The van der Waals surface area contributed by atoms with Crippen LogP contribution in [0.5, 0.6) is 0 Å². The zero-order chi connectivity index (χ0) is 13.1. The van der Waals surface area contributed by atoms with Crippen LogP contribution in [0.4, 0.5) is 0 Å². The number of hydrogen-bond donors (Lipinski definition) is 0. The SMILES string of the molecule is CN(CCN(C)C(C)(C)C)C(=O)C(C)(C)C. The van der Waals surface area contributed by atoms with E-state index in [0.29, 0.717) is 0 Å². The fraction of sp³-hybridized carbons (Fsp3) is 0.923. The molecule has 3 nitrogen and oxygen atoms in total. The van der Waals surface area contributed by atoms with Gasteiger partial charge in [-0.25, -0.2) is 0 Å². The molecule has 0 aromatic heterocycles. The van der Waals surface area contributed by atoms with Gasteiger partial charge in [-0.3, -0.25) is 9.69 Å². The fourth-order valence-corrected chi connectivity index (χ4v) is 1.31. The molecule has 0 aromatic rings. The van der Waals surface area contributed by atoms with E-state index in [0.717, 1.165) is 13.1 Å². The molecule has 16 heavy (non-hydrogen) atoms. The number of nitrogens with zero attached hydrogens (tertiary/aromatic N) is 2. The van der Waals surface area contributed by atoms with Gasteiger partial charge in [0.15, 0.2) is 0 Å². The Bertz CT molecular complexity index is 235. The van der Waals surface area contributed by atoms with Crippen LogP contribution in [0.2, 0.25) is 0 Å². The highest BCUT2D eigenvalue weighted by Gasteiger charge is 2.25. The fourth-order valence-electron chi connectivity index (χ4n) is 1.31. The Hall–Kier alpha value is -0.570. The molecule has 0 bridgehead atoms. The quantitative estimate of drug-likeness (QED) is 0.739. The molecule has 0 spiro atoms. The highest BCUT2D eigenvalue weighted by molar-refractivity contribution is 5.81. The third-order valence-corrected chi connectivity index (χ3v) is 2.90. The minimum Gasteiger partial charge on any atom is -0.344 e. The van der Waals surface area contributed by atoms with Gasteiger partial charge in [0.1, 0.15) is 0 Å². The molecular weight excluding hydrogens is 200 g/mol. The maximum absolute atomic E-state index is 11.9. The van der Waals surface area contributed by atoms with Gasteiger partial charge in [-0.15, -0.1) is 0 Å². The molecule has 1 amide bonds. The van der Waals surface area contributed by atoms with Gasteiger partial charge in [0, 0.05) is 31.1 Å². The van der Waals surface area contributed by atoms with Crippen molar-refractivity contribution in [3.63, 3.8) is 0 Å².